The predicted octanol–water partition coefficient (Wildman–Crippen LogP) is 4.57. The SMILES string of the molecule is COc1cc(/C=N\NC(=O)CN(c2ccccc2C)S(C)(=O)=O)cc(Br)c1OCc1ccc(C)cc1. The van der Waals surface area contributed by atoms with E-state index in [1.165, 1.54) is 18.9 Å². The van der Waals surface area contributed by atoms with Gasteiger partial charge < -0.3 is 9.47 Å². The third kappa shape index (κ3) is 7.32. The van der Waals surface area contributed by atoms with Crippen LogP contribution in [-0.4, -0.2) is 40.4 Å². The summed E-state index contributed by atoms with van der Waals surface area (Å²) < 4.78 is 37.7. The normalized spacial score (nSPS) is 11.4. The molecule has 10 heteroatoms. The third-order valence-corrected chi connectivity index (χ3v) is 6.95. The number of amides is 1. The van der Waals surface area contributed by atoms with E-state index in [2.05, 4.69) is 26.5 Å². The Morgan fingerprint density at radius 2 is 1.81 bits per heavy atom. The number of carbonyl (C=O) groups excluding carboxylic acids is 1. The molecule has 3 rings (SSSR count). The van der Waals surface area contributed by atoms with E-state index in [0.29, 0.717) is 33.8 Å². The molecule has 3 aromatic carbocycles. The minimum atomic E-state index is -3.68. The molecule has 0 atom stereocenters. The van der Waals surface area contributed by atoms with Crippen molar-refractivity contribution in [3.05, 3.63) is 87.4 Å². The maximum atomic E-state index is 12.5. The van der Waals surface area contributed by atoms with Gasteiger partial charge in [-0.25, -0.2) is 13.8 Å². The summed E-state index contributed by atoms with van der Waals surface area (Å²) in [5, 5.41) is 3.98. The van der Waals surface area contributed by atoms with Crippen molar-refractivity contribution in [1.29, 1.82) is 0 Å². The molecule has 0 saturated heterocycles. The minimum absolute atomic E-state index is 0.371. The standard InChI is InChI=1S/C26H28BrN3O5S/c1-18-9-11-20(12-10-18)17-35-26-22(27)13-21(14-24(26)34-3)15-28-29-25(31)16-30(36(4,32)33)23-8-6-5-7-19(23)2/h5-15H,16-17H2,1-4H3,(H,29,31)/b28-15-. The van der Waals surface area contributed by atoms with Gasteiger partial charge in [0.25, 0.3) is 5.91 Å². The second-order valence-electron chi connectivity index (χ2n) is 8.16. The maximum absolute atomic E-state index is 12.5. The van der Waals surface area contributed by atoms with Crippen LogP contribution in [0.2, 0.25) is 0 Å². The second kappa shape index (κ2) is 12.0. The van der Waals surface area contributed by atoms with E-state index in [-0.39, 0.29) is 0 Å². The summed E-state index contributed by atoms with van der Waals surface area (Å²) in [7, 11) is -2.14. The van der Waals surface area contributed by atoms with E-state index < -0.39 is 22.5 Å². The number of hydrazone groups is 1. The summed E-state index contributed by atoms with van der Waals surface area (Å²) in [5.41, 5.74) is 6.40. The van der Waals surface area contributed by atoms with E-state index in [0.717, 1.165) is 21.7 Å². The van der Waals surface area contributed by atoms with E-state index in [9.17, 15) is 13.2 Å². The van der Waals surface area contributed by atoms with Gasteiger partial charge in [-0.3, -0.25) is 9.10 Å². The predicted molar refractivity (Wildman–Crippen MR) is 145 cm³/mol. The van der Waals surface area contributed by atoms with Crippen molar-refractivity contribution in [1.82, 2.24) is 5.43 Å². The lowest BCUT2D eigenvalue weighted by molar-refractivity contribution is -0.119. The topological polar surface area (TPSA) is 97.3 Å². The van der Waals surface area contributed by atoms with Crippen molar-refractivity contribution in [3.8, 4) is 11.5 Å². The number of benzene rings is 3. The van der Waals surface area contributed by atoms with Crippen LogP contribution in [0, 0.1) is 13.8 Å². The van der Waals surface area contributed by atoms with Crippen LogP contribution in [0.3, 0.4) is 0 Å². The van der Waals surface area contributed by atoms with Crippen LogP contribution in [-0.2, 0) is 21.4 Å². The quantitative estimate of drug-likeness (QED) is 0.283. The van der Waals surface area contributed by atoms with E-state index >= 15 is 0 Å². The summed E-state index contributed by atoms with van der Waals surface area (Å²) in [5.74, 6) is 0.456. The van der Waals surface area contributed by atoms with Gasteiger partial charge in [-0.05, 0) is 64.7 Å². The molecule has 0 aliphatic rings. The Labute approximate surface area is 220 Å². The number of nitrogens with one attached hydrogen (secondary N) is 1. The van der Waals surface area contributed by atoms with Crippen LogP contribution in [0.5, 0.6) is 11.5 Å². The molecule has 0 saturated carbocycles. The monoisotopic (exact) mass is 573 g/mol. The van der Waals surface area contributed by atoms with Gasteiger partial charge in [0.2, 0.25) is 10.0 Å². The van der Waals surface area contributed by atoms with Crippen LogP contribution in [0.1, 0.15) is 22.3 Å². The lowest BCUT2D eigenvalue weighted by atomic mass is 10.2. The van der Waals surface area contributed by atoms with Gasteiger partial charge in [-0.15, -0.1) is 0 Å². The molecule has 0 unspecified atom stereocenters. The molecular weight excluding hydrogens is 546 g/mol. The molecule has 8 nitrogen and oxygen atoms in total. The molecule has 0 heterocycles. The van der Waals surface area contributed by atoms with Gasteiger partial charge in [0.15, 0.2) is 11.5 Å². The summed E-state index contributed by atoms with van der Waals surface area (Å²) in [6, 6.07) is 18.5. The largest absolute Gasteiger partial charge is 0.493 e. The Hall–Kier alpha value is -3.37. The van der Waals surface area contributed by atoms with Gasteiger partial charge >= 0.3 is 0 Å². The lowest BCUT2D eigenvalue weighted by Gasteiger charge is -2.23. The number of halogens is 1. The fourth-order valence-electron chi connectivity index (χ4n) is 3.36. The number of anilines is 1. The molecule has 36 heavy (non-hydrogen) atoms. The minimum Gasteiger partial charge on any atom is -0.493 e. The summed E-state index contributed by atoms with van der Waals surface area (Å²) in [4.78, 5) is 12.5. The second-order valence-corrected chi connectivity index (χ2v) is 10.9. The summed E-state index contributed by atoms with van der Waals surface area (Å²) >= 11 is 3.50. The Bertz CT molecular complexity index is 1360. The summed E-state index contributed by atoms with van der Waals surface area (Å²) in [6.07, 6.45) is 2.50. The van der Waals surface area contributed by atoms with Crippen LogP contribution >= 0.6 is 15.9 Å². The first-order chi connectivity index (χ1) is 17.1. The fourth-order valence-corrected chi connectivity index (χ4v) is 4.85. The van der Waals surface area contributed by atoms with E-state index in [4.69, 9.17) is 9.47 Å². The molecule has 0 spiro atoms. The highest BCUT2D eigenvalue weighted by molar-refractivity contribution is 9.10. The van der Waals surface area contributed by atoms with Gasteiger partial charge in [0.1, 0.15) is 13.2 Å². The van der Waals surface area contributed by atoms with Gasteiger partial charge in [-0.2, -0.15) is 5.10 Å². The zero-order valence-electron chi connectivity index (χ0n) is 20.5. The fraction of sp³-hybridized carbons (Fsp3) is 0.231. The molecule has 0 aliphatic heterocycles. The van der Waals surface area contributed by atoms with Crippen LogP contribution in [0.15, 0.2) is 70.2 Å². The van der Waals surface area contributed by atoms with Crippen molar-refractivity contribution in [2.75, 3.05) is 24.2 Å². The van der Waals surface area contributed by atoms with Crippen LogP contribution in [0.4, 0.5) is 5.69 Å². The van der Waals surface area contributed by atoms with Crippen LogP contribution in [0.25, 0.3) is 0 Å². The highest BCUT2D eigenvalue weighted by Gasteiger charge is 2.22. The number of methoxy groups -OCH3 is 1. The van der Waals surface area contributed by atoms with Crippen molar-refractivity contribution >= 4 is 43.8 Å². The van der Waals surface area contributed by atoms with Crippen LogP contribution < -0.4 is 19.2 Å². The first-order valence-corrected chi connectivity index (χ1v) is 13.6. The molecule has 3 aromatic rings. The molecule has 190 valence electrons. The number of sulfonamides is 1. The van der Waals surface area contributed by atoms with Crippen molar-refractivity contribution in [2.24, 2.45) is 5.10 Å². The Kier molecular flexibility index (Phi) is 9.11. The molecule has 0 bridgehead atoms. The number of hydrogen-bond acceptors (Lipinski definition) is 6. The van der Waals surface area contributed by atoms with Crippen molar-refractivity contribution in [3.63, 3.8) is 0 Å². The molecule has 0 aromatic heterocycles. The summed E-state index contributed by atoms with van der Waals surface area (Å²) in [6.45, 7) is 3.78. The molecule has 0 radical (unpaired) electrons. The first-order valence-electron chi connectivity index (χ1n) is 11.0. The number of hydrogen-bond donors (Lipinski definition) is 1. The smallest absolute Gasteiger partial charge is 0.260 e. The average Bonchev–Trinajstić information content (AvgIpc) is 2.82. The average molecular weight is 574 g/mol. The first kappa shape index (κ1) is 27.2. The lowest BCUT2D eigenvalue weighted by Crippen LogP contribution is -2.39. The van der Waals surface area contributed by atoms with Crippen molar-refractivity contribution in [2.45, 2.75) is 20.5 Å². The Balaban J connectivity index is 1.68. The van der Waals surface area contributed by atoms with Crippen molar-refractivity contribution < 1.29 is 22.7 Å². The zero-order chi connectivity index (χ0) is 26.3. The molecule has 0 fully saturated rings. The molecule has 1 N–H and O–H groups in total. The number of aryl methyl sites for hydroxylation is 2. The maximum Gasteiger partial charge on any atom is 0.260 e. The van der Waals surface area contributed by atoms with Gasteiger partial charge in [-0.1, -0.05) is 48.0 Å². The van der Waals surface area contributed by atoms with Gasteiger partial charge in [0, 0.05) is 0 Å². The Morgan fingerprint density at radius 1 is 1.11 bits per heavy atom. The highest BCUT2D eigenvalue weighted by atomic mass is 79.9. The zero-order valence-corrected chi connectivity index (χ0v) is 22.9. The number of rotatable bonds is 10. The number of carbonyl (C=O) groups is 1. The molecule has 1 amide bonds. The van der Waals surface area contributed by atoms with Gasteiger partial charge in [0.05, 0.1) is 29.7 Å². The highest BCUT2D eigenvalue weighted by Crippen LogP contribution is 2.37. The number of ether oxygens (including phenoxy) is 2. The van der Waals surface area contributed by atoms with E-state index in [1.54, 1.807) is 43.3 Å². The number of para-hydroxylation sites is 1. The molecular formula is C26H28BrN3O5S. The third-order valence-electron chi connectivity index (χ3n) is 5.23. The Morgan fingerprint density at radius 3 is 2.44 bits per heavy atom. The number of nitrogens with zero attached hydrogens (tertiary/aromatic N) is 2. The van der Waals surface area contributed by atoms with E-state index in [1.807, 2.05) is 31.2 Å². The molecule has 0 aliphatic carbocycles.